The van der Waals surface area contributed by atoms with E-state index in [0.29, 0.717) is 11.8 Å². The highest BCUT2D eigenvalue weighted by atomic mass is 19.4. The van der Waals surface area contributed by atoms with Gasteiger partial charge in [-0.3, -0.25) is 4.68 Å². The van der Waals surface area contributed by atoms with Gasteiger partial charge in [-0.1, -0.05) is 11.2 Å². The Hall–Kier alpha value is -2.91. The van der Waals surface area contributed by atoms with Crippen molar-refractivity contribution in [2.24, 2.45) is 7.05 Å². The molecule has 0 amide bonds. The molecule has 0 atom stereocenters. The van der Waals surface area contributed by atoms with Crippen LogP contribution in [0.3, 0.4) is 0 Å². The second kappa shape index (κ2) is 5.55. The Morgan fingerprint density at radius 1 is 1.27 bits per heavy atom. The zero-order valence-corrected chi connectivity index (χ0v) is 13.9. The number of hydrogen-bond acceptors (Lipinski definition) is 6. The highest BCUT2D eigenvalue weighted by Crippen LogP contribution is 2.53. The Bertz CT molecular complexity index is 942. The first-order chi connectivity index (χ1) is 12.3. The fraction of sp³-hybridized carbons (Fsp3) is 0.375. The summed E-state index contributed by atoms with van der Waals surface area (Å²) in [6.07, 6.45) is -1.26. The lowest BCUT2D eigenvalue weighted by atomic mass is 9.98. The van der Waals surface area contributed by atoms with Crippen LogP contribution >= 0.6 is 0 Å². The molecule has 7 nitrogen and oxygen atoms in total. The summed E-state index contributed by atoms with van der Waals surface area (Å²) in [5, 5.41) is 7.32. The van der Waals surface area contributed by atoms with E-state index in [9.17, 15) is 13.2 Å². The molecule has 0 N–H and O–H groups in total. The SMILES string of the molecule is COc1ccc(C2(c3nc(-c4cc(C(F)(F)F)nn4C)no3)CC2)cn1. The molecule has 0 spiro atoms. The molecule has 1 aliphatic carbocycles. The van der Waals surface area contributed by atoms with Crippen LogP contribution in [0.4, 0.5) is 13.2 Å². The van der Waals surface area contributed by atoms with E-state index in [1.807, 2.05) is 6.07 Å². The summed E-state index contributed by atoms with van der Waals surface area (Å²) in [5.41, 5.74) is -0.414. The minimum absolute atomic E-state index is 0.0678. The van der Waals surface area contributed by atoms with E-state index in [-0.39, 0.29) is 11.5 Å². The standard InChI is InChI=1S/C16H14F3N5O2/c1-24-10(7-11(22-24)16(17,18)19)13-21-14(26-23-13)15(5-6-15)9-3-4-12(25-2)20-8-9/h3-4,7-8H,5-6H2,1-2H3. The highest BCUT2D eigenvalue weighted by Gasteiger charge is 2.51. The van der Waals surface area contributed by atoms with Crippen LogP contribution in [-0.4, -0.2) is 32.0 Å². The fourth-order valence-corrected chi connectivity index (χ4v) is 2.87. The van der Waals surface area contributed by atoms with Crippen LogP contribution < -0.4 is 4.74 Å². The van der Waals surface area contributed by atoms with E-state index in [2.05, 4.69) is 20.2 Å². The van der Waals surface area contributed by atoms with Crippen LogP contribution in [0.2, 0.25) is 0 Å². The van der Waals surface area contributed by atoms with E-state index in [4.69, 9.17) is 9.26 Å². The topological polar surface area (TPSA) is 78.9 Å². The van der Waals surface area contributed by atoms with E-state index >= 15 is 0 Å². The average molecular weight is 365 g/mol. The van der Waals surface area contributed by atoms with Crippen molar-refractivity contribution < 1.29 is 22.4 Å². The Morgan fingerprint density at radius 2 is 2.04 bits per heavy atom. The first-order valence-corrected chi connectivity index (χ1v) is 7.80. The third kappa shape index (κ3) is 2.61. The molecule has 26 heavy (non-hydrogen) atoms. The second-order valence-electron chi connectivity index (χ2n) is 6.13. The molecule has 136 valence electrons. The maximum atomic E-state index is 12.8. The maximum Gasteiger partial charge on any atom is 0.435 e. The first-order valence-electron chi connectivity index (χ1n) is 7.80. The minimum Gasteiger partial charge on any atom is -0.481 e. The van der Waals surface area contributed by atoms with Crippen molar-refractivity contribution in [2.45, 2.75) is 24.4 Å². The number of halogens is 3. The van der Waals surface area contributed by atoms with Crippen LogP contribution in [0.25, 0.3) is 11.5 Å². The van der Waals surface area contributed by atoms with Gasteiger partial charge < -0.3 is 9.26 Å². The molecule has 0 aromatic carbocycles. The monoisotopic (exact) mass is 365 g/mol. The number of nitrogens with zero attached hydrogens (tertiary/aromatic N) is 5. The quantitative estimate of drug-likeness (QED) is 0.707. The van der Waals surface area contributed by atoms with Crippen molar-refractivity contribution in [3.63, 3.8) is 0 Å². The van der Waals surface area contributed by atoms with Crippen LogP contribution in [0.15, 0.2) is 28.9 Å². The number of methoxy groups -OCH3 is 1. The highest BCUT2D eigenvalue weighted by molar-refractivity contribution is 5.51. The summed E-state index contributed by atoms with van der Waals surface area (Å²) in [5.74, 6) is 0.915. The van der Waals surface area contributed by atoms with Gasteiger partial charge in [0.15, 0.2) is 5.69 Å². The fourth-order valence-electron chi connectivity index (χ4n) is 2.87. The molecule has 0 radical (unpaired) electrons. The van der Waals surface area contributed by atoms with Crippen LogP contribution in [0.1, 0.15) is 30.0 Å². The van der Waals surface area contributed by atoms with Crippen LogP contribution in [0, 0.1) is 0 Å². The third-order valence-corrected chi connectivity index (χ3v) is 4.48. The number of hydrogen-bond donors (Lipinski definition) is 0. The van der Waals surface area contributed by atoms with E-state index in [1.54, 1.807) is 12.3 Å². The molecule has 0 saturated heterocycles. The molecule has 1 fully saturated rings. The van der Waals surface area contributed by atoms with E-state index in [1.165, 1.54) is 14.2 Å². The molecule has 10 heteroatoms. The summed E-state index contributed by atoms with van der Waals surface area (Å²) < 4.78 is 50.0. The van der Waals surface area contributed by atoms with Crippen molar-refractivity contribution in [3.8, 4) is 17.4 Å². The van der Waals surface area contributed by atoms with Crippen LogP contribution in [0.5, 0.6) is 5.88 Å². The number of rotatable bonds is 4. The van der Waals surface area contributed by atoms with Gasteiger partial charge in [-0.25, -0.2) is 4.98 Å². The van der Waals surface area contributed by atoms with Gasteiger partial charge >= 0.3 is 6.18 Å². The smallest absolute Gasteiger partial charge is 0.435 e. The van der Waals surface area contributed by atoms with Gasteiger partial charge in [0.05, 0.1) is 12.5 Å². The first kappa shape index (κ1) is 16.6. The van der Waals surface area contributed by atoms with Crippen molar-refractivity contribution in [1.82, 2.24) is 24.9 Å². The Kier molecular flexibility index (Phi) is 3.53. The van der Waals surface area contributed by atoms with Crippen molar-refractivity contribution >= 4 is 0 Å². The van der Waals surface area contributed by atoms with Crippen molar-refractivity contribution in [2.75, 3.05) is 7.11 Å². The van der Waals surface area contributed by atoms with Gasteiger partial charge in [0.2, 0.25) is 17.6 Å². The third-order valence-electron chi connectivity index (χ3n) is 4.48. The Labute approximate surface area is 145 Å². The summed E-state index contributed by atoms with van der Waals surface area (Å²) in [7, 11) is 2.93. The number of ether oxygens (including phenoxy) is 1. The predicted octanol–water partition coefficient (Wildman–Crippen LogP) is 2.97. The predicted molar refractivity (Wildman–Crippen MR) is 82.3 cm³/mol. The average Bonchev–Trinajstić information content (AvgIpc) is 3.08. The maximum absolute atomic E-state index is 12.8. The van der Waals surface area contributed by atoms with Gasteiger partial charge in [0.1, 0.15) is 5.69 Å². The summed E-state index contributed by atoms with van der Waals surface area (Å²) in [6, 6.07) is 4.51. The van der Waals surface area contributed by atoms with Crippen molar-refractivity contribution in [1.29, 1.82) is 0 Å². The lowest BCUT2D eigenvalue weighted by molar-refractivity contribution is -0.141. The molecule has 4 rings (SSSR count). The molecule has 3 aromatic rings. The summed E-state index contributed by atoms with van der Waals surface area (Å²) in [4.78, 5) is 8.51. The zero-order chi connectivity index (χ0) is 18.5. The molecule has 1 aliphatic rings. The normalized spacial score (nSPS) is 15.9. The number of pyridine rings is 1. The Morgan fingerprint density at radius 3 is 2.58 bits per heavy atom. The molecule has 1 saturated carbocycles. The number of aromatic nitrogens is 5. The van der Waals surface area contributed by atoms with Crippen molar-refractivity contribution in [3.05, 3.63) is 41.5 Å². The van der Waals surface area contributed by atoms with E-state index in [0.717, 1.165) is 29.2 Å². The molecular formula is C16H14F3N5O2. The van der Waals surface area contributed by atoms with Gasteiger partial charge in [-0.15, -0.1) is 0 Å². The molecular weight excluding hydrogens is 351 g/mol. The summed E-state index contributed by atoms with van der Waals surface area (Å²) >= 11 is 0. The zero-order valence-electron chi connectivity index (χ0n) is 13.9. The molecule has 0 bridgehead atoms. The Balaban J connectivity index is 1.67. The van der Waals surface area contributed by atoms with Crippen LogP contribution in [-0.2, 0) is 18.6 Å². The second-order valence-corrected chi connectivity index (χ2v) is 6.13. The molecule has 0 unspecified atom stereocenters. The lowest BCUT2D eigenvalue weighted by Crippen LogP contribution is -2.09. The van der Waals surface area contributed by atoms with Gasteiger partial charge in [-0.2, -0.15) is 23.3 Å². The van der Waals surface area contributed by atoms with E-state index < -0.39 is 17.3 Å². The van der Waals surface area contributed by atoms with Gasteiger partial charge in [0, 0.05) is 19.3 Å². The molecule has 3 heterocycles. The number of alkyl halides is 3. The number of aryl methyl sites for hydroxylation is 1. The molecule has 3 aromatic heterocycles. The lowest BCUT2D eigenvalue weighted by Gasteiger charge is -2.10. The largest absolute Gasteiger partial charge is 0.481 e. The minimum atomic E-state index is -4.53. The molecule has 0 aliphatic heterocycles. The van der Waals surface area contributed by atoms with Gasteiger partial charge in [0.25, 0.3) is 0 Å². The van der Waals surface area contributed by atoms with Gasteiger partial charge in [-0.05, 0) is 24.5 Å². The summed E-state index contributed by atoms with van der Waals surface area (Å²) in [6.45, 7) is 0.